The summed E-state index contributed by atoms with van der Waals surface area (Å²) in [5.41, 5.74) is 13.1. The van der Waals surface area contributed by atoms with Crippen LogP contribution in [0.2, 0.25) is 0 Å². The molecule has 1 nitrogen and oxygen atoms in total. The molecule has 7 rings (SSSR count). The number of hydrogen-bond donors (Lipinski definition) is 0. The van der Waals surface area contributed by atoms with Gasteiger partial charge >= 0.3 is 229 Å². The first-order chi connectivity index (χ1) is 18.2. The Bertz CT molecular complexity index is 1550. The van der Waals surface area contributed by atoms with Crippen LogP contribution in [-0.2, 0) is 41.1 Å². The fraction of sp³-hybridized carbons (Fsp3) is 0.143. The van der Waals surface area contributed by atoms with Crippen LogP contribution < -0.4 is 9.81 Å². The SMILES string of the molecule is CN(C)Cc1[c]cc[c]([Zr]([c]2cccc3c2Cc2ccccc2-3)[c]2cccc3c2Cc2ccccc2-3)c1. The van der Waals surface area contributed by atoms with Crippen LogP contribution in [0.4, 0.5) is 0 Å². The van der Waals surface area contributed by atoms with Crippen LogP contribution in [0.15, 0.2) is 103 Å². The Morgan fingerprint density at radius 1 is 0.649 bits per heavy atom. The molecule has 0 amide bonds. The molecule has 0 atom stereocenters. The van der Waals surface area contributed by atoms with E-state index in [2.05, 4.69) is 128 Å². The molecule has 0 saturated carbocycles. The molecule has 178 valence electrons. The molecule has 0 heterocycles. The van der Waals surface area contributed by atoms with Gasteiger partial charge in [-0.25, -0.2) is 0 Å². The van der Waals surface area contributed by atoms with Gasteiger partial charge in [0.15, 0.2) is 0 Å². The van der Waals surface area contributed by atoms with E-state index in [-0.39, 0.29) is 0 Å². The quantitative estimate of drug-likeness (QED) is 0.268. The van der Waals surface area contributed by atoms with Crippen molar-refractivity contribution in [3.63, 3.8) is 0 Å². The van der Waals surface area contributed by atoms with Gasteiger partial charge in [0.25, 0.3) is 0 Å². The molecule has 37 heavy (non-hydrogen) atoms. The number of fused-ring (bicyclic) bond motifs is 6. The van der Waals surface area contributed by atoms with Gasteiger partial charge in [0.2, 0.25) is 0 Å². The van der Waals surface area contributed by atoms with Gasteiger partial charge in [0.1, 0.15) is 0 Å². The van der Waals surface area contributed by atoms with E-state index in [0.717, 1.165) is 19.4 Å². The molecule has 0 unspecified atom stereocenters. The van der Waals surface area contributed by atoms with Crippen molar-refractivity contribution in [3.05, 3.63) is 137 Å². The second-order valence-electron chi connectivity index (χ2n) is 10.5. The molecule has 0 aliphatic heterocycles. The van der Waals surface area contributed by atoms with Crippen LogP contribution in [0.1, 0.15) is 27.8 Å². The summed E-state index contributed by atoms with van der Waals surface area (Å²) in [6.07, 6.45) is 2.09. The predicted octanol–water partition coefficient (Wildman–Crippen LogP) is 5.59. The summed E-state index contributed by atoms with van der Waals surface area (Å²) in [6.45, 7) is 0.918. The molecule has 0 saturated heterocycles. The fourth-order valence-electron chi connectivity index (χ4n) is 6.34. The van der Waals surface area contributed by atoms with Crippen molar-refractivity contribution in [2.24, 2.45) is 0 Å². The third-order valence-corrected chi connectivity index (χ3v) is 15.0. The number of hydrogen-bond acceptors (Lipinski definition) is 1. The van der Waals surface area contributed by atoms with Crippen molar-refractivity contribution in [3.8, 4) is 22.3 Å². The molecule has 2 heteroatoms. The standard InChI is InChI=1S/2C13H9.C9H11N.Zr/c2*1-3-7-12-10(5-1)9-11-6-2-4-8-13(11)12;1-10(2)8-9-6-4-3-5-7-9;/h2*1-5,7-8H,9H2;3-4,7H,8H2,1-2H3;. The number of benzene rings is 5. The van der Waals surface area contributed by atoms with E-state index in [1.165, 1.54) is 38.9 Å². The van der Waals surface area contributed by atoms with Crippen molar-refractivity contribution >= 4 is 9.81 Å². The van der Waals surface area contributed by atoms with Gasteiger partial charge in [-0.15, -0.1) is 0 Å². The van der Waals surface area contributed by atoms with Gasteiger partial charge in [0, 0.05) is 0 Å². The van der Waals surface area contributed by atoms with Crippen molar-refractivity contribution in [1.82, 2.24) is 4.90 Å². The summed E-state index contributed by atoms with van der Waals surface area (Å²) in [5.74, 6) is 0. The summed E-state index contributed by atoms with van der Waals surface area (Å²) in [6, 6.07) is 42.7. The van der Waals surface area contributed by atoms with Crippen molar-refractivity contribution in [1.29, 1.82) is 0 Å². The molecule has 2 aliphatic carbocycles. The van der Waals surface area contributed by atoms with E-state index in [1.807, 2.05) is 0 Å². The van der Waals surface area contributed by atoms with Gasteiger partial charge in [-0.2, -0.15) is 0 Å². The normalized spacial score (nSPS) is 12.7. The van der Waals surface area contributed by atoms with E-state index in [0.29, 0.717) is 0 Å². The first-order valence-electron chi connectivity index (χ1n) is 13.1. The van der Waals surface area contributed by atoms with Gasteiger partial charge in [0.05, 0.1) is 0 Å². The Labute approximate surface area is 228 Å². The first-order valence-corrected chi connectivity index (χ1v) is 16.8. The summed E-state index contributed by atoms with van der Waals surface area (Å²) < 4.78 is 4.80. The summed E-state index contributed by atoms with van der Waals surface area (Å²) in [7, 11) is 4.28. The molecule has 0 spiro atoms. The zero-order valence-corrected chi connectivity index (χ0v) is 23.8. The molecule has 1 radical (unpaired) electrons. The Kier molecular flexibility index (Phi) is 5.84. The minimum atomic E-state index is -2.58. The zero-order chi connectivity index (χ0) is 24.9. The van der Waals surface area contributed by atoms with Gasteiger partial charge in [-0.1, -0.05) is 0 Å². The summed E-state index contributed by atoms with van der Waals surface area (Å²) in [4.78, 5) is 2.24. The zero-order valence-electron chi connectivity index (χ0n) is 21.4. The molecule has 0 N–H and O–H groups in total. The second-order valence-corrected chi connectivity index (χ2v) is 16.5. The molecule has 5 aromatic rings. The topological polar surface area (TPSA) is 3.24 Å². The molecule has 0 fully saturated rings. The Morgan fingerprint density at radius 3 is 1.76 bits per heavy atom. The van der Waals surface area contributed by atoms with Crippen molar-refractivity contribution in [2.45, 2.75) is 19.4 Å². The summed E-state index contributed by atoms with van der Waals surface area (Å²) in [5, 5.41) is 0. The van der Waals surface area contributed by atoms with Crippen LogP contribution in [0.3, 0.4) is 0 Å². The minimum absolute atomic E-state index is 0.918. The van der Waals surface area contributed by atoms with Crippen LogP contribution in [0.5, 0.6) is 0 Å². The van der Waals surface area contributed by atoms with E-state index in [9.17, 15) is 0 Å². The van der Waals surface area contributed by atoms with E-state index in [1.54, 1.807) is 20.9 Å². The fourth-order valence-corrected chi connectivity index (χ4v) is 13.9. The molecular weight excluding hydrogens is 526 g/mol. The molecule has 0 aromatic heterocycles. The second kappa shape index (κ2) is 9.35. The number of nitrogens with zero attached hydrogens (tertiary/aromatic N) is 1. The van der Waals surface area contributed by atoms with E-state index < -0.39 is 21.8 Å². The molecule has 5 aromatic carbocycles. The summed E-state index contributed by atoms with van der Waals surface area (Å²) >= 11 is -2.58. The third kappa shape index (κ3) is 3.99. The molecule has 0 bridgehead atoms. The van der Waals surface area contributed by atoms with Gasteiger partial charge < -0.3 is 0 Å². The third-order valence-electron chi connectivity index (χ3n) is 7.88. The van der Waals surface area contributed by atoms with Crippen LogP contribution in [-0.4, -0.2) is 19.0 Å². The van der Waals surface area contributed by atoms with Crippen LogP contribution in [0.25, 0.3) is 22.3 Å². The Balaban J connectivity index is 1.45. The predicted molar refractivity (Wildman–Crippen MR) is 151 cm³/mol. The Morgan fingerprint density at radius 2 is 1.19 bits per heavy atom. The van der Waals surface area contributed by atoms with Crippen LogP contribution in [0, 0.1) is 6.07 Å². The first kappa shape index (κ1) is 23.1. The monoisotopic (exact) mass is 553 g/mol. The average molecular weight is 555 g/mol. The average Bonchev–Trinajstić information content (AvgIpc) is 3.48. The maximum atomic E-state index is 3.52. The number of rotatable bonds is 5. The van der Waals surface area contributed by atoms with Gasteiger partial charge in [-0.05, 0) is 0 Å². The van der Waals surface area contributed by atoms with Crippen molar-refractivity contribution < 1.29 is 21.8 Å². The Hall–Kier alpha value is -3.06. The van der Waals surface area contributed by atoms with Crippen molar-refractivity contribution in [2.75, 3.05) is 14.1 Å². The molecular formula is C35H29NZr. The van der Waals surface area contributed by atoms with Crippen LogP contribution >= 0.6 is 0 Å². The van der Waals surface area contributed by atoms with Gasteiger partial charge in [-0.3, -0.25) is 0 Å². The van der Waals surface area contributed by atoms with E-state index in [4.69, 9.17) is 0 Å². The maximum absolute atomic E-state index is 3.52. The molecule has 2 aliphatic rings. The van der Waals surface area contributed by atoms with E-state index >= 15 is 0 Å².